The molecule has 1 aromatic heterocycles. The van der Waals surface area contributed by atoms with Gasteiger partial charge in [-0.2, -0.15) is 0 Å². The predicted molar refractivity (Wildman–Crippen MR) is 112 cm³/mol. The second-order valence-corrected chi connectivity index (χ2v) is 7.39. The number of halogens is 1. The van der Waals surface area contributed by atoms with Crippen LogP contribution >= 0.6 is 33.9 Å². The van der Waals surface area contributed by atoms with Crippen LogP contribution in [0.2, 0.25) is 0 Å². The molecule has 132 valence electrons. The van der Waals surface area contributed by atoms with Gasteiger partial charge in [0.1, 0.15) is 5.75 Å². The number of rotatable bonds is 5. The lowest BCUT2D eigenvalue weighted by molar-refractivity contribution is 0.101. The van der Waals surface area contributed by atoms with E-state index >= 15 is 0 Å². The molecule has 0 aliphatic rings. The van der Waals surface area contributed by atoms with Crippen molar-refractivity contribution in [3.05, 3.63) is 74.0 Å². The van der Waals surface area contributed by atoms with Crippen molar-refractivity contribution in [2.24, 2.45) is 0 Å². The van der Waals surface area contributed by atoms with Gasteiger partial charge in [0.2, 0.25) is 0 Å². The van der Waals surface area contributed by atoms with E-state index in [1.165, 1.54) is 18.4 Å². The maximum Gasteiger partial charge on any atom is 0.265 e. The Morgan fingerprint density at radius 1 is 1.00 bits per heavy atom. The Morgan fingerprint density at radius 2 is 1.81 bits per heavy atom. The van der Waals surface area contributed by atoms with Crippen molar-refractivity contribution in [3.8, 4) is 5.75 Å². The third-order valence-electron chi connectivity index (χ3n) is 3.57. The summed E-state index contributed by atoms with van der Waals surface area (Å²) in [5.41, 5.74) is 1.72. The van der Waals surface area contributed by atoms with Crippen LogP contribution < -0.4 is 15.4 Å². The van der Waals surface area contributed by atoms with E-state index in [1.54, 1.807) is 30.3 Å². The number of benzene rings is 2. The molecule has 26 heavy (non-hydrogen) atoms. The van der Waals surface area contributed by atoms with E-state index in [4.69, 9.17) is 4.74 Å². The third-order valence-corrected chi connectivity index (χ3v) is 5.38. The van der Waals surface area contributed by atoms with Gasteiger partial charge in [-0.25, -0.2) is 0 Å². The number of anilines is 2. The summed E-state index contributed by atoms with van der Waals surface area (Å²) in [7, 11) is 1.52. The summed E-state index contributed by atoms with van der Waals surface area (Å²) < 4.78 is 6.22. The zero-order chi connectivity index (χ0) is 18.5. The van der Waals surface area contributed by atoms with Crippen molar-refractivity contribution >= 4 is 57.1 Å². The number of carbonyl (C=O) groups excluding carboxylic acids is 2. The van der Waals surface area contributed by atoms with Gasteiger partial charge in [-0.3, -0.25) is 9.59 Å². The van der Waals surface area contributed by atoms with Crippen molar-refractivity contribution in [2.45, 2.75) is 0 Å². The molecule has 0 atom stereocenters. The van der Waals surface area contributed by atoms with Crippen molar-refractivity contribution in [3.63, 3.8) is 0 Å². The fraction of sp³-hybridized carbons (Fsp3) is 0.0526. The first kappa shape index (κ1) is 18.4. The van der Waals surface area contributed by atoms with Gasteiger partial charge >= 0.3 is 0 Å². The topological polar surface area (TPSA) is 67.4 Å². The molecule has 1 heterocycles. The normalized spacial score (nSPS) is 10.2. The van der Waals surface area contributed by atoms with Crippen LogP contribution in [0.25, 0.3) is 0 Å². The largest absolute Gasteiger partial charge is 0.494 e. The zero-order valence-corrected chi connectivity index (χ0v) is 16.8. The van der Waals surface area contributed by atoms with Crippen LogP contribution in [0.4, 0.5) is 11.4 Å². The fourth-order valence-corrected chi connectivity index (χ4v) is 3.56. The summed E-state index contributed by atoms with van der Waals surface area (Å²) in [5, 5.41) is 7.51. The molecule has 5 nitrogen and oxygen atoms in total. The summed E-state index contributed by atoms with van der Waals surface area (Å²) in [4.78, 5) is 25.2. The Labute approximate surface area is 168 Å². The number of hydrogen-bond donors (Lipinski definition) is 2. The van der Waals surface area contributed by atoms with Crippen LogP contribution in [0.15, 0.2) is 60.0 Å². The van der Waals surface area contributed by atoms with E-state index in [-0.39, 0.29) is 11.8 Å². The molecule has 0 aliphatic carbocycles. The van der Waals surface area contributed by atoms with E-state index in [1.807, 2.05) is 29.6 Å². The highest BCUT2D eigenvalue weighted by molar-refractivity contribution is 14.1. The summed E-state index contributed by atoms with van der Waals surface area (Å²) >= 11 is 3.49. The Kier molecular flexibility index (Phi) is 5.89. The standard InChI is InChI=1S/C19H15IN2O3S/c1-25-16-11-12(21-18(23)13-5-2-3-6-14(13)20)8-9-15(16)22-19(24)17-7-4-10-26-17/h2-11H,1H3,(H,21,23)(H,22,24). The molecule has 0 spiro atoms. The second kappa shape index (κ2) is 8.33. The average Bonchev–Trinajstić information content (AvgIpc) is 3.18. The SMILES string of the molecule is COc1cc(NC(=O)c2ccccc2I)ccc1NC(=O)c1cccs1. The number of amides is 2. The Bertz CT molecular complexity index is 942. The molecular formula is C19H15IN2O3S. The monoisotopic (exact) mass is 478 g/mol. The molecule has 0 aliphatic heterocycles. The quantitative estimate of drug-likeness (QED) is 0.515. The molecule has 2 aromatic carbocycles. The van der Waals surface area contributed by atoms with Gasteiger partial charge in [0.25, 0.3) is 11.8 Å². The molecule has 0 bridgehead atoms. The molecule has 3 rings (SSSR count). The number of hydrogen-bond acceptors (Lipinski definition) is 4. The minimum Gasteiger partial charge on any atom is -0.494 e. The second-order valence-electron chi connectivity index (χ2n) is 5.28. The molecule has 2 N–H and O–H groups in total. The van der Waals surface area contributed by atoms with Gasteiger partial charge in [-0.15, -0.1) is 11.3 Å². The maximum absolute atomic E-state index is 12.4. The van der Waals surface area contributed by atoms with Gasteiger partial charge in [0.05, 0.1) is 23.2 Å². The van der Waals surface area contributed by atoms with Crippen LogP contribution in [-0.2, 0) is 0 Å². The molecule has 2 amide bonds. The van der Waals surface area contributed by atoms with Crippen LogP contribution in [0.5, 0.6) is 5.75 Å². The third kappa shape index (κ3) is 4.23. The number of methoxy groups -OCH3 is 1. The van der Waals surface area contributed by atoms with Crippen molar-refractivity contribution in [2.75, 3.05) is 17.7 Å². The highest BCUT2D eigenvalue weighted by atomic mass is 127. The molecule has 0 saturated carbocycles. The summed E-state index contributed by atoms with van der Waals surface area (Å²) in [5.74, 6) is 0.0665. The minimum atomic E-state index is -0.201. The van der Waals surface area contributed by atoms with Crippen LogP contribution in [0.1, 0.15) is 20.0 Å². The Hall–Kier alpha value is -2.39. The first-order chi connectivity index (χ1) is 12.6. The van der Waals surface area contributed by atoms with Gasteiger partial charge in [0.15, 0.2) is 0 Å². The number of nitrogens with one attached hydrogen (secondary N) is 2. The highest BCUT2D eigenvalue weighted by Crippen LogP contribution is 2.29. The summed E-state index contributed by atoms with van der Waals surface area (Å²) in [6.07, 6.45) is 0. The van der Waals surface area contributed by atoms with Gasteiger partial charge < -0.3 is 15.4 Å². The molecular weight excluding hydrogens is 463 g/mol. The lowest BCUT2D eigenvalue weighted by atomic mass is 10.2. The first-order valence-electron chi connectivity index (χ1n) is 7.67. The molecule has 0 radical (unpaired) electrons. The number of carbonyl (C=O) groups is 2. The van der Waals surface area contributed by atoms with E-state index < -0.39 is 0 Å². The van der Waals surface area contributed by atoms with Gasteiger partial charge in [-0.05, 0) is 58.3 Å². The van der Waals surface area contributed by atoms with E-state index in [2.05, 4.69) is 33.2 Å². The average molecular weight is 478 g/mol. The predicted octanol–water partition coefficient (Wildman–Crippen LogP) is 4.87. The number of ether oxygens (including phenoxy) is 1. The lowest BCUT2D eigenvalue weighted by Crippen LogP contribution is -2.14. The fourth-order valence-electron chi connectivity index (χ4n) is 2.31. The zero-order valence-electron chi connectivity index (χ0n) is 13.8. The van der Waals surface area contributed by atoms with E-state index in [9.17, 15) is 9.59 Å². The van der Waals surface area contributed by atoms with Crippen molar-refractivity contribution in [1.29, 1.82) is 0 Å². The van der Waals surface area contributed by atoms with Crippen molar-refractivity contribution in [1.82, 2.24) is 0 Å². The summed E-state index contributed by atoms with van der Waals surface area (Å²) in [6.45, 7) is 0. The number of thiophene rings is 1. The Morgan fingerprint density at radius 3 is 2.50 bits per heavy atom. The van der Waals surface area contributed by atoms with Crippen LogP contribution in [-0.4, -0.2) is 18.9 Å². The molecule has 3 aromatic rings. The lowest BCUT2D eigenvalue weighted by Gasteiger charge is -2.12. The summed E-state index contributed by atoms with van der Waals surface area (Å²) in [6, 6.07) is 16.0. The van der Waals surface area contributed by atoms with Crippen LogP contribution in [0, 0.1) is 3.57 Å². The van der Waals surface area contributed by atoms with Crippen LogP contribution in [0.3, 0.4) is 0 Å². The first-order valence-corrected chi connectivity index (χ1v) is 9.63. The van der Waals surface area contributed by atoms with Crippen molar-refractivity contribution < 1.29 is 14.3 Å². The molecule has 7 heteroatoms. The molecule has 0 unspecified atom stereocenters. The minimum absolute atomic E-state index is 0.200. The highest BCUT2D eigenvalue weighted by Gasteiger charge is 2.13. The van der Waals surface area contributed by atoms with Gasteiger partial charge in [-0.1, -0.05) is 18.2 Å². The van der Waals surface area contributed by atoms with Gasteiger partial charge in [0, 0.05) is 15.3 Å². The smallest absolute Gasteiger partial charge is 0.265 e. The van der Waals surface area contributed by atoms with E-state index in [0.717, 1.165) is 3.57 Å². The maximum atomic E-state index is 12.4. The Balaban J connectivity index is 1.77. The molecule has 0 fully saturated rings. The van der Waals surface area contributed by atoms with E-state index in [0.29, 0.717) is 27.6 Å². The molecule has 0 saturated heterocycles.